The number of rotatable bonds is 2. The second-order valence-electron chi connectivity index (χ2n) is 4.81. The van der Waals surface area contributed by atoms with E-state index in [-0.39, 0.29) is 11.8 Å². The fraction of sp³-hybridized carbons (Fsp3) is 0.750. The zero-order valence-electron chi connectivity index (χ0n) is 9.30. The van der Waals surface area contributed by atoms with Gasteiger partial charge in [-0.1, -0.05) is 19.4 Å². The molecule has 0 saturated carbocycles. The molecule has 0 aromatic carbocycles. The van der Waals surface area contributed by atoms with E-state index in [4.69, 9.17) is 5.26 Å². The van der Waals surface area contributed by atoms with Crippen LogP contribution in [0.4, 0.5) is 0 Å². The van der Waals surface area contributed by atoms with Crippen molar-refractivity contribution >= 4 is 0 Å². The largest absolute Gasteiger partial charge is 0.388 e. The lowest BCUT2D eigenvalue weighted by molar-refractivity contribution is 0.172. The van der Waals surface area contributed by atoms with E-state index < -0.39 is 6.10 Å². The van der Waals surface area contributed by atoms with Crippen molar-refractivity contribution in [3.05, 3.63) is 11.1 Å². The predicted molar refractivity (Wildman–Crippen MR) is 56.6 cm³/mol. The summed E-state index contributed by atoms with van der Waals surface area (Å²) in [7, 11) is 0. The number of hydrogen-bond acceptors (Lipinski definition) is 2. The molecule has 0 radical (unpaired) electrons. The first-order chi connectivity index (χ1) is 6.49. The molecule has 0 spiro atoms. The molecule has 0 fully saturated rings. The Bertz CT molecular complexity index is 283. The van der Waals surface area contributed by atoms with Gasteiger partial charge in [-0.3, -0.25) is 0 Å². The molecule has 14 heavy (non-hydrogen) atoms. The topological polar surface area (TPSA) is 44.0 Å². The molecule has 1 aliphatic carbocycles. The van der Waals surface area contributed by atoms with Gasteiger partial charge in [0.2, 0.25) is 0 Å². The number of nitrogens with zero attached hydrogens (tertiary/aromatic N) is 1. The lowest BCUT2D eigenvalue weighted by atomic mass is 9.70. The average Bonchev–Trinajstić information content (AvgIpc) is 2.02. The van der Waals surface area contributed by atoms with Crippen molar-refractivity contribution in [1.29, 1.82) is 5.26 Å². The Kier molecular flexibility index (Phi) is 3.34. The van der Waals surface area contributed by atoms with Crippen LogP contribution >= 0.6 is 0 Å². The fourth-order valence-corrected chi connectivity index (χ4v) is 2.57. The smallest absolute Gasteiger partial charge is 0.0887 e. The van der Waals surface area contributed by atoms with E-state index in [1.807, 2.05) is 6.07 Å². The van der Waals surface area contributed by atoms with E-state index in [0.29, 0.717) is 0 Å². The summed E-state index contributed by atoms with van der Waals surface area (Å²) in [6.45, 7) is 6.40. The number of aliphatic hydroxyl groups is 1. The minimum Gasteiger partial charge on any atom is -0.388 e. The molecule has 2 nitrogen and oxygen atoms in total. The van der Waals surface area contributed by atoms with Crippen LogP contribution < -0.4 is 0 Å². The van der Waals surface area contributed by atoms with Crippen molar-refractivity contribution in [2.45, 2.75) is 52.6 Å². The standard InChI is InChI=1S/C12H19NO/c1-9-5-4-7-12(2,3)11(9)10(14)6-8-13/h10,14H,4-7H2,1-3H3. The van der Waals surface area contributed by atoms with Crippen LogP contribution in [0.3, 0.4) is 0 Å². The highest BCUT2D eigenvalue weighted by Crippen LogP contribution is 2.42. The lowest BCUT2D eigenvalue weighted by Gasteiger charge is -2.36. The number of allylic oxidation sites excluding steroid dienone is 1. The molecule has 1 rings (SSSR count). The molecule has 2 heteroatoms. The van der Waals surface area contributed by atoms with Crippen molar-refractivity contribution in [3.8, 4) is 6.07 Å². The van der Waals surface area contributed by atoms with E-state index >= 15 is 0 Å². The minimum atomic E-state index is -0.560. The Morgan fingerprint density at radius 3 is 2.71 bits per heavy atom. The Morgan fingerprint density at radius 2 is 2.21 bits per heavy atom. The van der Waals surface area contributed by atoms with Crippen LogP contribution in [0.15, 0.2) is 11.1 Å². The highest BCUT2D eigenvalue weighted by Gasteiger charge is 2.32. The molecule has 1 atom stereocenters. The van der Waals surface area contributed by atoms with Gasteiger partial charge in [-0.05, 0) is 37.2 Å². The van der Waals surface area contributed by atoms with Gasteiger partial charge in [0.15, 0.2) is 0 Å². The Labute approximate surface area is 86.2 Å². The maximum absolute atomic E-state index is 9.90. The third kappa shape index (κ3) is 2.16. The molecular formula is C12H19NO. The Morgan fingerprint density at radius 1 is 1.57 bits per heavy atom. The molecule has 0 heterocycles. The maximum atomic E-state index is 9.90. The summed E-state index contributed by atoms with van der Waals surface area (Å²) in [4.78, 5) is 0. The normalized spacial score (nSPS) is 23.1. The van der Waals surface area contributed by atoms with Gasteiger partial charge in [0.1, 0.15) is 0 Å². The molecular weight excluding hydrogens is 174 g/mol. The van der Waals surface area contributed by atoms with Crippen molar-refractivity contribution in [3.63, 3.8) is 0 Å². The summed E-state index contributed by atoms with van der Waals surface area (Å²) in [5.74, 6) is 0. The highest BCUT2D eigenvalue weighted by atomic mass is 16.3. The molecule has 0 aromatic heterocycles. The van der Waals surface area contributed by atoms with Crippen molar-refractivity contribution in [1.82, 2.24) is 0 Å². The van der Waals surface area contributed by atoms with E-state index in [1.165, 1.54) is 12.0 Å². The zero-order chi connectivity index (χ0) is 10.8. The molecule has 78 valence electrons. The molecule has 1 N–H and O–H groups in total. The molecule has 0 saturated heterocycles. The summed E-state index contributed by atoms with van der Waals surface area (Å²) in [5.41, 5.74) is 2.45. The minimum absolute atomic E-state index is 0.0681. The van der Waals surface area contributed by atoms with Crippen molar-refractivity contribution < 1.29 is 5.11 Å². The highest BCUT2D eigenvalue weighted by molar-refractivity contribution is 5.26. The van der Waals surface area contributed by atoms with Crippen LogP contribution in [0.2, 0.25) is 0 Å². The summed E-state index contributed by atoms with van der Waals surface area (Å²) in [6.07, 6.45) is 3.04. The van der Waals surface area contributed by atoms with Gasteiger partial charge in [0.05, 0.1) is 18.6 Å². The van der Waals surface area contributed by atoms with Gasteiger partial charge >= 0.3 is 0 Å². The molecule has 0 amide bonds. The summed E-state index contributed by atoms with van der Waals surface area (Å²) < 4.78 is 0. The summed E-state index contributed by atoms with van der Waals surface area (Å²) in [5, 5.41) is 18.5. The fourth-order valence-electron chi connectivity index (χ4n) is 2.57. The molecule has 1 aliphatic rings. The molecule has 0 aromatic rings. The van der Waals surface area contributed by atoms with Crippen LogP contribution in [-0.4, -0.2) is 11.2 Å². The SMILES string of the molecule is CC1=C(C(O)CC#N)C(C)(C)CCC1. The van der Waals surface area contributed by atoms with Crippen LogP contribution in [0, 0.1) is 16.7 Å². The van der Waals surface area contributed by atoms with E-state index in [0.717, 1.165) is 18.4 Å². The van der Waals surface area contributed by atoms with Gasteiger partial charge < -0.3 is 5.11 Å². The first-order valence-corrected chi connectivity index (χ1v) is 5.24. The second kappa shape index (κ2) is 4.14. The number of nitriles is 1. The third-order valence-corrected chi connectivity index (χ3v) is 3.16. The maximum Gasteiger partial charge on any atom is 0.0887 e. The predicted octanol–water partition coefficient (Wildman–Crippen LogP) is 2.79. The second-order valence-corrected chi connectivity index (χ2v) is 4.81. The first kappa shape index (κ1) is 11.3. The quantitative estimate of drug-likeness (QED) is 0.685. The average molecular weight is 193 g/mol. The van der Waals surface area contributed by atoms with Crippen molar-refractivity contribution in [2.75, 3.05) is 0 Å². The van der Waals surface area contributed by atoms with Crippen LogP contribution in [-0.2, 0) is 0 Å². The van der Waals surface area contributed by atoms with E-state index in [9.17, 15) is 5.11 Å². The van der Waals surface area contributed by atoms with Crippen LogP contribution in [0.5, 0.6) is 0 Å². The summed E-state index contributed by atoms with van der Waals surface area (Å²) >= 11 is 0. The molecule has 0 aliphatic heterocycles. The van der Waals surface area contributed by atoms with Crippen LogP contribution in [0.1, 0.15) is 46.5 Å². The van der Waals surface area contributed by atoms with Gasteiger partial charge in [-0.25, -0.2) is 0 Å². The van der Waals surface area contributed by atoms with E-state index in [1.54, 1.807) is 0 Å². The van der Waals surface area contributed by atoms with Gasteiger partial charge in [-0.15, -0.1) is 0 Å². The zero-order valence-corrected chi connectivity index (χ0v) is 9.30. The van der Waals surface area contributed by atoms with Gasteiger partial charge in [0, 0.05) is 0 Å². The summed E-state index contributed by atoms with van der Waals surface area (Å²) in [6, 6.07) is 2.04. The lowest BCUT2D eigenvalue weighted by Crippen LogP contribution is -2.28. The first-order valence-electron chi connectivity index (χ1n) is 5.24. The molecule has 0 bridgehead atoms. The number of hydrogen-bond donors (Lipinski definition) is 1. The Hall–Kier alpha value is -0.810. The Balaban J connectivity index is 2.96. The monoisotopic (exact) mass is 193 g/mol. The van der Waals surface area contributed by atoms with Crippen molar-refractivity contribution in [2.24, 2.45) is 5.41 Å². The van der Waals surface area contributed by atoms with Gasteiger partial charge in [-0.2, -0.15) is 5.26 Å². The van der Waals surface area contributed by atoms with E-state index in [2.05, 4.69) is 20.8 Å². The van der Waals surface area contributed by atoms with Gasteiger partial charge in [0.25, 0.3) is 0 Å². The third-order valence-electron chi connectivity index (χ3n) is 3.16. The van der Waals surface area contributed by atoms with Crippen LogP contribution in [0.25, 0.3) is 0 Å². The molecule has 1 unspecified atom stereocenters. The number of aliphatic hydroxyl groups excluding tert-OH is 1.